The Morgan fingerprint density at radius 3 is 2.36 bits per heavy atom. The van der Waals surface area contributed by atoms with Crippen LogP contribution in [0.2, 0.25) is 0 Å². The van der Waals surface area contributed by atoms with Crippen LogP contribution in [0.5, 0.6) is 0 Å². The first-order valence-corrected chi connectivity index (χ1v) is 11.5. The molecule has 1 aliphatic carbocycles. The van der Waals surface area contributed by atoms with Crippen LogP contribution in [0.3, 0.4) is 0 Å². The van der Waals surface area contributed by atoms with Crippen molar-refractivity contribution in [2.24, 2.45) is 0 Å². The van der Waals surface area contributed by atoms with Crippen LogP contribution in [0.25, 0.3) is 38.7 Å². The second kappa shape index (κ2) is 7.71. The molecule has 0 saturated heterocycles. The smallest absolute Gasteiger partial charge is 0.150 e. The van der Waals surface area contributed by atoms with Crippen molar-refractivity contribution in [2.75, 3.05) is 19.8 Å². The SMILES string of the molecule is CN(C)[C@H]1C[C@@H](c2nc(-c3ccc4ccc(-c5ccccc5)cc4c3)c3c(N)nccn32)C1. The molecule has 2 aromatic heterocycles. The molecule has 0 radical (unpaired) electrons. The highest BCUT2D eigenvalue weighted by molar-refractivity contribution is 5.94. The van der Waals surface area contributed by atoms with Gasteiger partial charge < -0.3 is 10.6 Å². The van der Waals surface area contributed by atoms with Crippen LogP contribution in [0, 0.1) is 0 Å². The maximum Gasteiger partial charge on any atom is 0.150 e. The number of benzene rings is 3. The molecule has 0 spiro atoms. The number of nitrogens with zero attached hydrogens (tertiary/aromatic N) is 4. The number of aromatic nitrogens is 3. The summed E-state index contributed by atoms with van der Waals surface area (Å²) in [5.74, 6) is 2.05. The Labute approximate surface area is 193 Å². The maximum absolute atomic E-state index is 6.38. The second-order valence-corrected chi connectivity index (χ2v) is 9.28. The molecule has 1 saturated carbocycles. The fourth-order valence-electron chi connectivity index (χ4n) is 5.00. The van der Waals surface area contributed by atoms with Crippen molar-refractivity contribution in [2.45, 2.75) is 24.8 Å². The maximum atomic E-state index is 6.38. The molecule has 5 heteroatoms. The van der Waals surface area contributed by atoms with Crippen molar-refractivity contribution < 1.29 is 0 Å². The number of nitrogens with two attached hydrogens (primary N) is 1. The number of imidazole rings is 1. The molecule has 3 aromatic carbocycles. The van der Waals surface area contributed by atoms with Crippen LogP contribution >= 0.6 is 0 Å². The van der Waals surface area contributed by atoms with Gasteiger partial charge in [-0.15, -0.1) is 0 Å². The molecule has 0 amide bonds. The lowest BCUT2D eigenvalue weighted by atomic mass is 9.79. The Morgan fingerprint density at radius 2 is 1.61 bits per heavy atom. The van der Waals surface area contributed by atoms with E-state index >= 15 is 0 Å². The summed E-state index contributed by atoms with van der Waals surface area (Å²) in [5, 5.41) is 2.40. The van der Waals surface area contributed by atoms with Crippen molar-refractivity contribution in [3.63, 3.8) is 0 Å². The normalized spacial score (nSPS) is 18.2. The summed E-state index contributed by atoms with van der Waals surface area (Å²) in [6.07, 6.45) is 6.00. The van der Waals surface area contributed by atoms with E-state index in [0.29, 0.717) is 17.8 Å². The highest BCUT2D eigenvalue weighted by atomic mass is 15.1. The molecule has 164 valence electrons. The van der Waals surface area contributed by atoms with Crippen molar-refractivity contribution >= 4 is 22.1 Å². The predicted molar refractivity (Wildman–Crippen MR) is 135 cm³/mol. The topological polar surface area (TPSA) is 59.5 Å². The van der Waals surface area contributed by atoms with E-state index < -0.39 is 0 Å². The molecular weight excluding hydrogens is 406 g/mol. The van der Waals surface area contributed by atoms with Crippen LogP contribution in [0.15, 0.2) is 79.1 Å². The van der Waals surface area contributed by atoms with Gasteiger partial charge in [-0.25, -0.2) is 9.97 Å². The molecule has 0 aliphatic heterocycles. The minimum Gasteiger partial charge on any atom is -0.382 e. The van der Waals surface area contributed by atoms with Gasteiger partial charge in [0.25, 0.3) is 0 Å². The van der Waals surface area contributed by atoms with Gasteiger partial charge in [-0.05, 0) is 61.0 Å². The fraction of sp³-hybridized carbons (Fsp3) is 0.214. The first-order valence-electron chi connectivity index (χ1n) is 11.5. The molecule has 0 atom stereocenters. The van der Waals surface area contributed by atoms with Crippen LogP contribution < -0.4 is 5.73 Å². The fourth-order valence-corrected chi connectivity index (χ4v) is 5.00. The number of nitrogen functional groups attached to an aromatic ring is 1. The zero-order chi connectivity index (χ0) is 22.5. The molecule has 5 aromatic rings. The summed E-state index contributed by atoms with van der Waals surface area (Å²) in [4.78, 5) is 11.8. The second-order valence-electron chi connectivity index (χ2n) is 9.28. The third-order valence-electron chi connectivity index (χ3n) is 7.04. The third-order valence-corrected chi connectivity index (χ3v) is 7.04. The predicted octanol–water partition coefficient (Wildman–Crippen LogP) is 5.61. The minimum atomic E-state index is 0.436. The van der Waals surface area contributed by atoms with E-state index in [0.717, 1.165) is 35.4 Å². The molecule has 33 heavy (non-hydrogen) atoms. The number of anilines is 1. The standard InChI is InChI=1S/C28H27N5/c1-32(2)24-16-23(17-24)28-31-25(26-27(29)30-12-13-33(26)28)21-11-9-19-8-10-20(14-22(19)15-21)18-6-4-3-5-7-18/h3-15,23-24H,16-17H2,1-2H3,(H2,29,30)/t23-,24+. The van der Waals surface area contributed by atoms with Crippen LogP contribution in [0.4, 0.5) is 5.82 Å². The zero-order valence-corrected chi connectivity index (χ0v) is 18.9. The van der Waals surface area contributed by atoms with Gasteiger partial charge in [0.1, 0.15) is 22.9 Å². The zero-order valence-electron chi connectivity index (χ0n) is 18.9. The Kier molecular flexibility index (Phi) is 4.66. The van der Waals surface area contributed by atoms with Gasteiger partial charge in [0.2, 0.25) is 0 Å². The van der Waals surface area contributed by atoms with Crippen LogP contribution in [-0.2, 0) is 0 Å². The van der Waals surface area contributed by atoms with Gasteiger partial charge in [-0.2, -0.15) is 0 Å². The van der Waals surface area contributed by atoms with Gasteiger partial charge >= 0.3 is 0 Å². The molecule has 6 rings (SSSR count). The van der Waals surface area contributed by atoms with Gasteiger partial charge in [-0.1, -0.05) is 54.6 Å². The average Bonchev–Trinajstić information content (AvgIpc) is 3.18. The Hall–Kier alpha value is -3.70. The lowest BCUT2D eigenvalue weighted by Crippen LogP contribution is -2.39. The van der Waals surface area contributed by atoms with Crippen molar-refractivity contribution in [3.8, 4) is 22.4 Å². The first-order chi connectivity index (χ1) is 16.1. The summed E-state index contributed by atoms with van der Waals surface area (Å²) < 4.78 is 2.15. The monoisotopic (exact) mass is 433 g/mol. The minimum absolute atomic E-state index is 0.436. The van der Waals surface area contributed by atoms with E-state index in [2.05, 4.69) is 89.0 Å². The number of hydrogen-bond donors (Lipinski definition) is 1. The number of hydrogen-bond acceptors (Lipinski definition) is 4. The van der Waals surface area contributed by atoms with Crippen LogP contribution in [0.1, 0.15) is 24.6 Å². The lowest BCUT2D eigenvalue weighted by Gasteiger charge is -2.38. The van der Waals surface area contributed by atoms with E-state index in [-0.39, 0.29) is 0 Å². The lowest BCUT2D eigenvalue weighted by molar-refractivity contribution is 0.161. The molecule has 1 fully saturated rings. The molecule has 1 aliphatic rings. The van der Waals surface area contributed by atoms with Crippen LogP contribution in [-0.4, -0.2) is 39.4 Å². The van der Waals surface area contributed by atoms with E-state index in [9.17, 15) is 0 Å². The molecular formula is C28H27N5. The van der Waals surface area contributed by atoms with Gasteiger partial charge in [0.05, 0.1) is 0 Å². The number of fused-ring (bicyclic) bond motifs is 2. The molecule has 2 N–H and O–H groups in total. The van der Waals surface area contributed by atoms with E-state index in [4.69, 9.17) is 10.7 Å². The highest BCUT2D eigenvalue weighted by Crippen LogP contribution is 2.41. The first kappa shape index (κ1) is 19.9. The molecule has 2 heterocycles. The van der Waals surface area contributed by atoms with Crippen molar-refractivity contribution in [3.05, 3.63) is 84.9 Å². The van der Waals surface area contributed by atoms with Crippen molar-refractivity contribution in [1.82, 2.24) is 19.3 Å². The number of rotatable bonds is 4. The Balaban J connectivity index is 1.47. The highest BCUT2D eigenvalue weighted by Gasteiger charge is 2.35. The molecule has 5 nitrogen and oxygen atoms in total. The third kappa shape index (κ3) is 3.36. The van der Waals surface area contributed by atoms with Crippen molar-refractivity contribution in [1.29, 1.82) is 0 Å². The Bertz CT molecular complexity index is 1460. The summed E-state index contributed by atoms with van der Waals surface area (Å²) in [6, 6.07) is 24.3. The van der Waals surface area contributed by atoms with E-state index in [1.807, 2.05) is 12.3 Å². The van der Waals surface area contributed by atoms with E-state index in [1.54, 1.807) is 6.20 Å². The Morgan fingerprint density at radius 1 is 0.879 bits per heavy atom. The van der Waals surface area contributed by atoms with Gasteiger partial charge in [-0.3, -0.25) is 4.40 Å². The molecule has 0 bridgehead atoms. The quantitative estimate of drug-likeness (QED) is 0.400. The summed E-state index contributed by atoms with van der Waals surface area (Å²) in [5.41, 5.74) is 11.7. The van der Waals surface area contributed by atoms with Gasteiger partial charge in [0, 0.05) is 29.9 Å². The van der Waals surface area contributed by atoms with Gasteiger partial charge in [0.15, 0.2) is 0 Å². The molecule has 0 unspecified atom stereocenters. The average molecular weight is 434 g/mol. The summed E-state index contributed by atoms with van der Waals surface area (Å²) in [6.45, 7) is 0. The van der Waals surface area contributed by atoms with E-state index in [1.165, 1.54) is 21.9 Å². The largest absolute Gasteiger partial charge is 0.382 e. The summed E-state index contributed by atoms with van der Waals surface area (Å²) in [7, 11) is 4.30. The summed E-state index contributed by atoms with van der Waals surface area (Å²) >= 11 is 0.